The smallest absolute Gasteiger partial charge is 0.337 e. The molecule has 92 valence electrons. The van der Waals surface area contributed by atoms with Gasteiger partial charge >= 0.3 is 12.0 Å². The maximum Gasteiger partial charge on any atom is 0.337 e. The van der Waals surface area contributed by atoms with Crippen molar-refractivity contribution in [1.82, 2.24) is 9.97 Å². The van der Waals surface area contributed by atoms with E-state index in [-0.39, 0.29) is 12.0 Å². The van der Waals surface area contributed by atoms with E-state index < -0.39 is 0 Å². The lowest BCUT2D eigenvalue weighted by Gasteiger charge is -2.04. The minimum Gasteiger partial charge on any atom is -0.465 e. The number of hydrogen-bond donors (Lipinski definition) is 0. The van der Waals surface area contributed by atoms with Gasteiger partial charge in [0, 0.05) is 11.9 Å². The van der Waals surface area contributed by atoms with E-state index in [4.69, 9.17) is 4.74 Å². The third-order valence-corrected chi connectivity index (χ3v) is 2.26. The van der Waals surface area contributed by atoms with Gasteiger partial charge in [-0.15, -0.1) is 0 Å². The van der Waals surface area contributed by atoms with E-state index in [1.807, 2.05) is 6.92 Å². The number of benzene rings is 1. The predicted octanol–water partition coefficient (Wildman–Crippen LogP) is 2.36. The molecule has 0 bridgehead atoms. The minimum absolute atomic E-state index is 0.279. The first-order valence-electron chi connectivity index (χ1n) is 5.35. The number of esters is 1. The van der Waals surface area contributed by atoms with E-state index in [9.17, 15) is 4.79 Å². The van der Waals surface area contributed by atoms with Gasteiger partial charge in [0.05, 0.1) is 12.7 Å². The van der Waals surface area contributed by atoms with Gasteiger partial charge in [-0.1, -0.05) is 0 Å². The Labute approximate surface area is 104 Å². The van der Waals surface area contributed by atoms with Crippen molar-refractivity contribution in [2.45, 2.75) is 6.92 Å². The molecular formula is C13H12N2O3. The number of aryl methyl sites for hydroxylation is 1. The molecule has 0 unspecified atom stereocenters. The van der Waals surface area contributed by atoms with Gasteiger partial charge in [-0.05, 0) is 37.3 Å². The number of ether oxygens (including phenoxy) is 2. The number of hydrogen-bond acceptors (Lipinski definition) is 5. The van der Waals surface area contributed by atoms with Crippen LogP contribution in [0.25, 0.3) is 0 Å². The Morgan fingerprint density at radius 2 is 1.89 bits per heavy atom. The summed E-state index contributed by atoms with van der Waals surface area (Å²) in [6.07, 6.45) is 1.63. The van der Waals surface area contributed by atoms with Crippen LogP contribution in [0.15, 0.2) is 36.5 Å². The number of carbonyl (C=O) groups excluding carboxylic acids is 1. The summed E-state index contributed by atoms with van der Waals surface area (Å²) in [6, 6.07) is 8.64. The fourth-order valence-corrected chi connectivity index (χ4v) is 1.36. The van der Waals surface area contributed by atoms with Crippen LogP contribution in [-0.2, 0) is 4.74 Å². The molecule has 2 rings (SSSR count). The van der Waals surface area contributed by atoms with Crippen LogP contribution in [0.4, 0.5) is 0 Å². The SMILES string of the molecule is COC(=O)c1ccc(Oc2nccc(C)n2)cc1. The average Bonchev–Trinajstić information content (AvgIpc) is 2.39. The van der Waals surface area contributed by atoms with Crippen molar-refractivity contribution in [2.24, 2.45) is 0 Å². The molecule has 0 N–H and O–H groups in total. The summed E-state index contributed by atoms with van der Waals surface area (Å²) in [5.41, 5.74) is 1.29. The van der Waals surface area contributed by atoms with Gasteiger partial charge in [-0.2, -0.15) is 0 Å². The van der Waals surface area contributed by atoms with Gasteiger partial charge < -0.3 is 9.47 Å². The molecule has 0 aliphatic heterocycles. The molecule has 0 aliphatic rings. The molecule has 1 aromatic carbocycles. The molecule has 18 heavy (non-hydrogen) atoms. The normalized spacial score (nSPS) is 9.89. The topological polar surface area (TPSA) is 61.3 Å². The maximum absolute atomic E-state index is 11.2. The molecule has 0 radical (unpaired) electrons. The Hall–Kier alpha value is -2.43. The molecule has 0 spiro atoms. The molecule has 0 aliphatic carbocycles. The van der Waals surface area contributed by atoms with Crippen LogP contribution in [-0.4, -0.2) is 23.0 Å². The van der Waals surface area contributed by atoms with Crippen LogP contribution in [0.5, 0.6) is 11.8 Å². The second kappa shape index (κ2) is 5.27. The summed E-state index contributed by atoms with van der Waals surface area (Å²) in [5.74, 6) is 0.182. The molecule has 5 nitrogen and oxygen atoms in total. The number of methoxy groups -OCH3 is 1. The van der Waals surface area contributed by atoms with E-state index in [0.717, 1.165) is 5.69 Å². The van der Waals surface area contributed by atoms with E-state index in [2.05, 4.69) is 14.7 Å². The van der Waals surface area contributed by atoms with Crippen molar-refractivity contribution < 1.29 is 14.3 Å². The molecule has 0 saturated heterocycles. The molecule has 0 atom stereocenters. The Morgan fingerprint density at radius 1 is 1.17 bits per heavy atom. The van der Waals surface area contributed by atoms with Gasteiger partial charge in [0.25, 0.3) is 0 Å². The Kier molecular flexibility index (Phi) is 3.52. The second-order valence-electron chi connectivity index (χ2n) is 3.60. The second-order valence-corrected chi connectivity index (χ2v) is 3.60. The fourth-order valence-electron chi connectivity index (χ4n) is 1.36. The highest BCUT2D eigenvalue weighted by atomic mass is 16.5. The highest BCUT2D eigenvalue weighted by Gasteiger charge is 2.05. The summed E-state index contributed by atoms with van der Waals surface area (Å²) in [6.45, 7) is 1.86. The lowest BCUT2D eigenvalue weighted by atomic mass is 10.2. The zero-order valence-electron chi connectivity index (χ0n) is 10.1. The van der Waals surface area contributed by atoms with Crippen LogP contribution in [0, 0.1) is 6.92 Å². The molecule has 0 saturated carbocycles. The zero-order valence-corrected chi connectivity index (χ0v) is 10.1. The number of nitrogens with zero attached hydrogens (tertiary/aromatic N) is 2. The standard InChI is InChI=1S/C13H12N2O3/c1-9-7-8-14-13(15-9)18-11-5-3-10(4-6-11)12(16)17-2/h3-8H,1-2H3. The van der Waals surface area contributed by atoms with Crippen molar-refractivity contribution in [2.75, 3.05) is 7.11 Å². The minimum atomic E-state index is -0.381. The summed E-state index contributed by atoms with van der Waals surface area (Å²) >= 11 is 0. The lowest BCUT2D eigenvalue weighted by molar-refractivity contribution is 0.0600. The molecule has 5 heteroatoms. The number of carbonyl (C=O) groups is 1. The maximum atomic E-state index is 11.2. The van der Waals surface area contributed by atoms with Crippen molar-refractivity contribution in [3.63, 3.8) is 0 Å². The monoisotopic (exact) mass is 244 g/mol. The Morgan fingerprint density at radius 3 is 2.50 bits per heavy atom. The third-order valence-electron chi connectivity index (χ3n) is 2.26. The van der Waals surface area contributed by atoms with Crippen molar-refractivity contribution >= 4 is 5.97 Å². The highest BCUT2D eigenvalue weighted by Crippen LogP contribution is 2.18. The van der Waals surface area contributed by atoms with Crippen LogP contribution in [0.2, 0.25) is 0 Å². The Bertz CT molecular complexity index is 552. The molecule has 0 fully saturated rings. The van der Waals surface area contributed by atoms with Crippen molar-refractivity contribution in [1.29, 1.82) is 0 Å². The molecule has 0 amide bonds. The van der Waals surface area contributed by atoms with Crippen LogP contribution < -0.4 is 4.74 Å². The Balaban J connectivity index is 2.13. The lowest BCUT2D eigenvalue weighted by Crippen LogP contribution is -2.00. The van der Waals surface area contributed by atoms with Crippen molar-refractivity contribution in [3.8, 4) is 11.8 Å². The van der Waals surface area contributed by atoms with Gasteiger partial charge in [0.2, 0.25) is 0 Å². The predicted molar refractivity (Wildman–Crippen MR) is 64.6 cm³/mol. The largest absolute Gasteiger partial charge is 0.465 e. The van der Waals surface area contributed by atoms with E-state index >= 15 is 0 Å². The summed E-state index contributed by atoms with van der Waals surface area (Å²) in [4.78, 5) is 19.3. The molecule has 1 aromatic heterocycles. The van der Waals surface area contributed by atoms with Gasteiger partial charge in [-0.25, -0.2) is 14.8 Å². The summed E-state index contributed by atoms with van der Waals surface area (Å²) in [5, 5.41) is 0. The molecule has 1 heterocycles. The fraction of sp³-hybridized carbons (Fsp3) is 0.154. The van der Waals surface area contributed by atoms with E-state index in [0.29, 0.717) is 11.3 Å². The summed E-state index contributed by atoms with van der Waals surface area (Å²) in [7, 11) is 1.34. The highest BCUT2D eigenvalue weighted by molar-refractivity contribution is 5.89. The van der Waals surface area contributed by atoms with Crippen molar-refractivity contribution in [3.05, 3.63) is 47.8 Å². The van der Waals surface area contributed by atoms with Crippen LogP contribution >= 0.6 is 0 Å². The molecule has 2 aromatic rings. The molecular weight excluding hydrogens is 232 g/mol. The van der Waals surface area contributed by atoms with E-state index in [1.165, 1.54) is 7.11 Å². The van der Waals surface area contributed by atoms with Crippen LogP contribution in [0.3, 0.4) is 0 Å². The van der Waals surface area contributed by atoms with Crippen LogP contribution in [0.1, 0.15) is 16.1 Å². The summed E-state index contributed by atoms with van der Waals surface area (Å²) < 4.78 is 10.1. The quantitative estimate of drug-likeness (QED) is 0.775. The first-order valence-corrected chi connectivity index (χ1v) is 5.35. The number of aromatic nitrogens is 2. The van der Waals surface area contributed by atoms with Gasteiger partial charge in [0.1, 0.15) is 5.75 Å². The van der Waals surface area contributed by atoms with E-state index in [1.54, 1.807) is 36.5 Å². The number of rotatable bonds is 3. The first-order chi connectivity index (χ1) is 8.69. The van der Waals surface area contributed by atoms with Gasteiger partial charge in [-0.3, -0.25) is 0 Å². The average molecular weight is 244 g/mol. The van der Waals surface area contributed by atoms with Gasteiger partial charge in [0.15, 0.2) is 0 Å². The first kappa shape index (κ1) is 12.0. The third kappa shape index (κ3) is 2.82. The zero-order chi connectivity index (χ0) is 13.0.